The second-order valence-corrected chi connectivity index (χ2v) is 9.46. The van der Waals surface area contributed by atoms with Crippen LogP contribution in [-0.4, -0.2) is 23.9 Å². The molecule has 32 heavy (non-hydrogen) atoms. The van der Waals surface area contributed by atoms with Crippen LogP contribution in [0.25, 0.3) is 11.1 Å². The molecule has 0 N–H and O–H groups in total. The Balaban J connectivity index is 1.90. The van der Waals surface area contributed by atoms with E-state index in [1.165, 1.54) is 22.7 Å². The lowest BCUT2D eigenvalue weighted by Gasteiger charge is -2.02. The van der Waals surface area contributed by atoms with Crippen LogP contribution >= 0.6 is 22.7 Å². The number of aryl methyl sites for hydroxylation is 1. The van der Waals surface area contributed by atoms with Gasteiger partial charge in [0, 0.05) is 36.9 Å². The molecule has 3 rings (SSSR count). The molecule has 1 aliphatic heterocycles. The fourth-order valence-corrected chi connectivity index (χ4v) is 4.61. The van der Waals surface area contributed by atoms with E-state index in [2.05, 4.69) is 13.2 Å². The van der Waals surface area contributed by atoms with E-state index < -0.39 is 23.9 Å². The summed E-state index contributed by atoms with van der Waals surface area (Å²) in [7, 11) is 0. The Morgan fingerprint density at radius 1 is 0.938 bits per heavy atom. The Labute approximate surface area is 192 Å². The zero-order chi connectivity index (χ0) is 23.6. The molecule has 166 valence electrons. The normalized spacial score (nSPS) is 13.2. The minimum absolute atomic E-state index is 0.0255. The lowest BCUT2D eigenvalue weighted by atomic mass is 9.98. The number of hydrogen-bond donors (Lipinski definition) is 0. The molecule has 0 unspecified atom stereocenters. The first-order chi connectivity index (χ1) is 15.1. The van der Waals surface area contributed by atoms with Crippen LogP contribution in [0.1, 0.15) is 39.6 Å². The maximum atomic E-state index is 12.5. The Hall–Kier alpha value is -3.30. The van der Waals surface area contributed by atoms with Gasteiger partial charge in [-0.2, -0.15) is 0 Å². The summed E-state index contributed by atoms with van der Waals surface area (Å²) in [6, 6.07) is 3.39. The van der Waals surface area contributed by atoms with E-state index in [4.69, 9.17) is 14.2 Å². The fraction of sp³-hybridized carbons (Fsp3) is 0.217. The summed E-state index contributed by atoms with van der Waals surface area (Å²) in [4.78, 5) is 50.4. The third-order valence-electron chi connectivity index (χ3n) is 4.41. The Morgan fingerprint density at radius 2 is 1.50 bits per heavy atom. The molecule has 0 saturated heterocycles. The van der Waals surface area contributed by atoms with Gasteiger partial charge in [-0.1, -0.05) is 13.2 Å². The van der Waals surface area contributed by atoms with Crippen molar-refractivity contribution in [3.63, 3.8) is 0 Å². The van der Waals surface area contributed by atoms with Gasteiger partial charge in [-0.25, -0.2) is 19.2 Å². The minimum Gasteiger partial charge on any atom is -0.457 e. The fourth-order valence-electron chi connectivity index (χ4n) is 2.87. The molecule has 7 nitrogen and oxygen atoms in total. The molecule has 0 spiro atoms. The average Bonchev–Trinajstić information content (AvgIpc) is 3.40. The predicted octanol–water partition coefficient (Wildman–Crippen LogP) is 4.35. The zero-order valence-corrected chi connectivity index (χ0v) is 19.4. The number of ether oxygens (including phenoxy) is 3. The van der Waals surface area contributed by atoms with E-state index in [-0.39, 0.29) is 35.5 Å². The summed E-state index contributed by atoms with van der Waals surface area (Å²) >= 11 is 2.64. The maximum absolute atomic E-state index is 12.5. The van der Waals surface area contributed by atoms with Crippen LogP contribution in [-0.2, 0) is 46.6 Å². The number of rotatable bonds is 8. The van der Waals surface area contributed by atoms with Crippen molar-refractivity contribution in [1.82, 2.24) is 0 Å². The van der Waals surface area contributed by atoms with Crippen LogP contribution in [0, 0.1) is 6.92 Å². The number of hydrogen-bond acceptors (Lipinski definition) is 9. The average molecular weight is 473 g/mol. The van der Waals surface area contributed by atoms with E-state index in [0.29, 0.717) is 20.9 Å². The summed E-state index contributed by atoms with van der Waals surface area (Å²) in [6.45, 7) is 12.0. The first kappa shape index (κ1) is 23.4. The lowest BCUT2D eigenvalue weighted by Crippen LogP contribution is -2.04. The van der Waals surface area contributed by atoms with Gasteiger partial charge < -0.3 is 14.2 Å². The quantitative estimate of drug-likeness (QED) is 0.244. The zero-order valence-electron chi connectivity index (χ0n) is 17.7. The highest BCUT2D eigenvalue weighted by molar-refractivity contribution is 7.12. The van der Waals surface area contributed by atoms with Crippen molar-refractivity contribution in [1.29, 1.82) is 0 Å². The van der Waals surface area contributed by atoms with Gasteiger partial charge in [0.15, 0.2) is 0 Å². The molecule has 0 atom stereocenters. The van der Waals surface area contributed by atoms with E-state index in [1.54, 1.807) is 38.3 Å². The van der Waals surface area contributed by atoms with Gasteiger partial charge in [-0.3, -0.25) is 0 Å². The van der Waals surface area contributed by atoms with Crippen molar-refractivity contribution in [3.8, 4) is 0 Å². The summed E-state index contributed by atoms with van der Waals surface area (Å²) in [5.41, 5.74) is 1.93. The maximum Gasteiger partial charge on any atom is 0.347 e. The highest BCUT2D eigenvalue weighted by Gasteiger charge is 2.36. The van der Waals surface area contributed by atoms with E-state index in [0.717, 1.165) is 4.88 Å². The number of cyclic esters (lactones) is 2. The molecule has 1 aliphatic rings. The van der Waals surface area contributed by atoms with Crippen molar-refractivity contribution in [2.24, 2.45) is 0 Å². The van der Waals surface area contributed by atoms with Crippen LogP contribution in [0.15, 0.2) is 41.8 Å². The second-order valence-electron chi connectivity index (χ2n) is 7.12. The van der Waals surface area contributed by atoms with Crippen molar-refractivity contribution < 1.29 is 33.4 Å². The van der Waals surface area contributed by atoms with Crippen LogP contribution < -0.4 is 0 Å². The monoisotopic (exact) mass is 472 g/mol. The highest BCUT2D eigenvalue weighted by atomic mass is 32.1. The third kappa shape index (κ3) is 4.95. The largest absolute Gasteiger partial charge is 0.457 e. The molecule has 0 aliphatic carbocycles. The van der Waals surface area contributed by atoms with Crippen LogP contribution in [0.5, 0.6) is 0 Å². The topological polar surface area (TPSA) is 96.0 Å². The summed E-state index contributed by atoms with van der Waals surface area (Å²) < 4.78 is 15.2. The molecular weight excluding hydrogens is 452 g/mol. The predicted molar refractivity (Wildman–Crippen MR) is 121 cm³/mol. The van der Waals surface area contributed by atoms with Crippen molar-refractivity contribution in [2.75, 3.05) is 0 Å². The number of carbonyl (C=O) groups excluding carboxylic acids is 4. The highest BCUT2D eigenvalue weighted by Crippen LogP contribution is 2.39. The number of esters is 4. The molecule has 0 bridgehead atoms. The smallest absolute Gasteiger partial charge is 0.347 e. The molecule has 0 radical (unpaired) electrons. The van der Waals surface area contributed by atoms with Crippen LogP contribution in [0.4, 0.5) is 0 Å². The first-order valence-electron chi connectivity index (χ1n) is 9.42. The molecule has 2 aromatic rings. The second kappa shape index (κ2) is 9.46. The molecular formula is C23H20O7S2. The van der Waals surface area contributed by atoms with Gasteiger partial charge in [-0.05, 0) is 38.3 Å². The Kier molecular flexibility index (Phi) is 6.90. The molecule has 3 heterocycles. The molecule has 0 aromatic carbocycles. The summed E-state index contributed by atoms with van der Waals surface area (Å²) in [6.07, 6.45) is 0. The summed E-state index contributed by atoms with van der Waals surface area (Å²) in [5, 5.41) is 1.70. The third-order valence-corrected chi connectivity index (χ3v) is 6.35. The van der Waals surface area contributed by atoms with Gasteiger partial charge in [0.25, 0.3) is 0 Å². The Bertz CT molecular complexity index is 1190. The first-order valence-corrected chi connectivity index (χ1v) is 11.1. The van der Waals surface area contributed by atoms with Gasteiger partial charge in [0.05, 0.1) is 11.1 Å². The van der Waals surface area contributed by atoms with Crippen LogP contribution in [0.2, 0.25) is 0 Å². The summed E-state index contributed by atoms with van der Waals surface area (Å²) in [5.74, 6) is -2.50. The molecule has 2 aromatic heterocycles. The molecule has 9 heteroatoms. The number of carbonyl (C=O) groups is 4. The van der Waals surface area contributed by atoms with Gasteiger partial charge >= 0.3 is 23.9 Å². The van der Waals surface area contributed by atoms with Gasteiger partial charge in [-0.15, -0.1) is 22.7 Å². The van der Waals surface area contributed by atoms with E-state index >= 15 is 0 Å². The van der Waals surface area contributed by atoms with Crippen molar-refractivity contribution >= 4 is 57.7 Å². The van der Waals surface area contributed by atoms with Crippen molar-refractivity contribution in [3.05, 3.63) is 67.6 Å². The van der Waals surface area contributed by atoms with Crippen LogP contribution in [0.3, 0.4) is 0 Å². The van der Waals surface area contributed by atoms with E-state index in [9.17, 15) is 19.2 Å². The minimum atomic E-state index is -0.742. The SMILES string of the molecule is C=C(C)C(=O)OCc1cc(C2=C(c3cc(COC(=O)C(=C)C)sc3C)C(=O)OC2=O)cs1. The van der Waals surface area contributed by atoms with Gasteiger partial charge in [0.1, 0.15) is 13.2 Å². The van der Waals surface area contributed by atoms with Crippen molar-refractivity contribution in [2.45, 2.75) is 34.0 Å². The standard InChI is InChI=1S/C23H20O7S2/c1-11(2)20(24)28-8-15-6-14(10-31-15)18-19(23(27)30-22(18)26)17-7-16(32-13(17)5)9-29-21(25)12(3)4/h6-7,10H,1,3,8-9H2,2,4-5H3. The lowest BCUT2D eigenvalue weighted by molar-refractivity contribution is -0.149. The molecule has 0 fully saturated rings. The Morgan fingerprint density at radius 3 is 2.09 bits per heavy atom. The number of thiophene rings is 2. The van der Waals surface area contributed by atoms with Gasteiger partial charge in [0.2, 0.25) is 0 Å². The molecule has 0 amide bonds. The molecule has 0 saturated carbocycles. The van der Waals surface area contributed by atoms with E-state index in [1.807, 2.05) is 0 Å².